The quantitative estimate of drug-likeness (QED) is 0.369. The number of rotatable bonds is 3. The van der Waals surface area contributed by atoms with Gasteiger partial charge in [-0.25, -0.2) is 4.79 Å². The zero-order valence-electron chi connectivity index (χ0n) is 13.0. The van der Waals surface area contributed by atoms with E-state index in [0.29, 0.717) is 29.2 Å². The molecule has 0 saturated heterocycles. The predicted molar refractivity (Wildman–Crippen MR) is 83.9 cm³/mol. The lowest BCUT2D eigenvalue weighted by atomic mass is 9.68. The highest BCUT2D eigenvalue weighted by atomic mass is 16.6. The lowest BCUT2D eigenvalue weighted by molar-refractivity contribution is -0.384. The molecular weight excluding hydrogens is 294 g/mol. The summed E-state index contributed by atoms with van der Waals surface area (Å²) < 4.78 is 5.98. The van der Waals surface area contributed by atoms with Gasteiger partial charge in [-0.15, -0.1) is 0 Å². The van der Waals surface area contributed by atoms with Gasteiger partial charge in [0, 0.05) is 24.0 Å². The predicted octanol–water partition coefficient (Wildman–Crippen LogP) is 3.74. The molecule has 5 heteroatoms. The van der Waals surface area contributed by atoms with Gasteiger partial charge in [0.15, 0.2) is 0 Å². The van der Waals surface area contributed by atoms with Gasteiger partial charge in [-0.3, -0.25) is 10.1 Å². The Kier molecular flexibility index (Phi) is 3.08. The van der Waals surface area contributed by atoms with Crippen LogP contribution in [0.4, 0.5) is 5.69 Å². The topological polar surface area (TPSA) is 69.4 Å². The van der Waals surface area contributed by atoms with Crippen molar-refractivity contribution in [3.8, 4) is 0 Å². The van der Waals surface area contributed by atoms with Gasteiger partial charge in [0.2, 0.25) is 0 Å². The molecular formula is C18H19NO4. The number of esters is 1. The first-order valence-corrected chi connectivity index (χ1v) is 8.15. The van der Waals surface area contributed by atoms with E-state index in [1.54, 1.807) is 0 Å². The zero-order chi connectivity index (χ0) is 16.2. The van der Waals surface area contributed by atoms with Gasteiger partial charge >= 0.3 is 5.97 Å². The fourth-order valence-corrected chi connectivity index (χ4v) is 4.97. The first-order valence-electron chi connectivity index (χ1n) is 8.15. The highest BCUT2D eigenvalue weighted by Crippen LogP contribution is 2.59. The SMILES string of the molecule is CC1(OC(=O)c2ccc([N+](=O)[O-])cc2)C2CCC1C1C=CC2C1. The Morgan fingerprint density at radius 1 is 1.17 bits per heavy atom. The number of ether oxygens (including phenoxy) is 1. The van der Waals surface area contributed by atoms with Crippen LogP contribution in [0.3, 0.4) is 0 Å². The molecule has 0 N–H and O–H groups in total. The van der Waals surface area contributed by atoms with Crippen molar-refractivity contribution in [2.45, 2.75) is 31.8 Å². The van der Waals surface area contributed by atoms with Crippen molar-refractivity contribution in [1.82, 2.24) is 0 Å². The van der Waals surface area contributed by atoms with Crippen molar-refractivity contribution >= 4 is 11.7 Å². The maximum atomic E-state index is 12.5. The molecule has 0 aliphatic heterocycles. The van der Waals surface area contributed by atoms with E-state index < -0.39 is 10.5 Å². The molecule has 0 aromatic heterocycles. The number of hydrogen-bond acceptors (Lipinski definition) is 4. The lowest BCUT2D eigenvalue weighted by Gasteiger charge is -2.44. The molecule has 4 atom stereocenters. The molecule has 4 unspecified atom stereocenters. The second-order valence-corrected chi connectivity index (χ2v) is 7.12. The number of benzene rings is 1. The minimum Gasteiger partial charge on any atom is -0.455 e. The summed E-state index contributed by atoms with van der Waals surface area (Å²) in [6.07, 6.45) is 8.01. The fourth-order valence-electron chi connectivity index (χ4n) is 4.97. The van der Waals surface area contributed by atoms with Crippen LogP contribution in [0, 0.1) is 33.8 Å². The molecule has 0 radical (unpaired) electrons. The molecule has 2 saturated carbocycles. The normalized spacial score (nSPS) is 36.9. The van der Waals surface area contributed by atoms with Crippen LogP contribution in [0.5, 0.6) is 0 Å². The smallest absolute Gasteiger partial charge is 0.338 e. The summed E-state index contributed by atoms with van der Waals surface area (Å²) in [5.74, 6) is 1.46. The number of nitro groups is 1. The van der Waals surface area contributed by atoms with Gasteiger partial charge in [-0.05, 0) is 50.2 Å². The van der Waals surface area contributed by atoms with E-state index in [2.05, 4.69) is 19.1 Å². The standard InChI is InChI=1S/C18H19NO4/c1-18(15-8-9-16(18)13-3-2-12(15)10-13)23-17(20)11-4-6-14(7-5-11)19(21)22/h2-7,12-13,15-16H,8-10H2,1H3. The first kappa shape index (κ1) is 14.4. The largest absolute Gasteiger partial charge is 0.455 e. The monoisotopic (exact) mass is 313 g/mol. The van der Waals surface area contributed by atoms with Gasteiger partial charge in [0.1, 0.15) is 5.60 Å². The number of allylic oxidation sites excluding steroid dienone is 2. The van der Waals surface area contributed by atoms with Crippen molar-refractivity contribution in [2.75, 3.05) is 0 Å². The van der Waals surface area contributed by atoms with Crippen LogP contribution < -0.4 is 0 Å². The fraction of sp³-hybridized carbons (Fsp3) is 0.500. The lowest BCUT2D eigenvalue weighted by Crippen LogP contribution is -2.48. The molecule has 0 heterocycles. The Morgan fingerprint density at radius 2 is 1.74 bits per heavy atom. The molecule has 3 aliphatic carbocycles. The van der Waals surface area contributed by atoms with Crippen LogP contribution >= 0.6 is 0 Å². The number of carbonyl (C=O) groups is 1. The van der Waals surface area contributed by atoms with Gasteiger partial charge in [0.05, 0.1) is 10.5 Å². The zero-order valence-corrected chi connectivity index (χ0v) is 13.0. The Bertz CT molecular complexity index is 673. The van der Waals surface area contributed by atoms with Crippen molar-refractivity contribution in [3.05, 3.63) is 52.1 Å². The third-order valence-electron chi connectivity index (χ3n) is 6.07. The molecule has 4 rings (SSSR count). The van der Waals surface area contributed by atoms with Crippen LogP contribution in [0.2, 0.25) is 0 Å². The summed E-state index contributed by atoms with van der Waals surface area (Å²) in [6.45, 7) is 2.07. The average Bonchev–Trinajstić information content (AvgIpc) is 3.01. The molecule has 23 heavy (non-hydrogen) atoms. The first-order chi connectivity index (χ1) is 11.0. The molecule has 1 aromatic rings. The van der Waals surface area contributed by atoms with Crippen molar-refractivity contribution < 1.29 is 14.5 Å². The number of hydrogen-bond donors (Lipinski definition) is 0. The van der Waals surface area contributed by atoms with E-state index in [1.807, 2.05) is 0 Å². The summed E-state index contributed by atoms with van der Waals surface area (Å²) in [6, 6.07) is 5.64. The number of non-ortho nitro benzene ring substituents is 1. The second kappa shape index (κ2) is 4.91. The summed E-state index contributed by atoms with van der Waals surface area (Å²) in [5.41, 5.74) is -0.0644. The van der Waals surface area contributed by atoms with Crippen molar-refractivity contribution in [2.24, 2.45) is 23.7 Å². The molecule has 2 fully saturated rings. The van der Waals surface area contributed by atoms with Crippen molar-refractivity contribution in [1.29, 1.82) is 0 Å². The summed E-state index contributed by atoms with van der Waals surface area (Å²) in [7, 11) is 0. The van der Waals surface area contributed by atoms with E-state index in [1.165, 1.54) is 30.7 Å². The highest BCUT2D eigenvalue weighted by molar-refractivity contribution is 5.90. The molecule has 5 nitrogen and oxygen atoms in total. The molecule has 4 bridgehead atoms. The van der Waals surface area contributed by atoms with E-state index >= 15 is 0 Å². The maximum absolute atomic E-state index is 12.5. The Morgan fingerprint density at radius 3 is 2.26 bits per heavy atom. The summed E-state index contributed by atoms with van der Waals surface area (Å²) in [4.78, 5) is 22.8. The maximum Gasteiger partial charge on any atom is 0.338 e. The molecule has 0 spiro atoms. The van der Waals surface area contributed by atoms with Gasteiger partial charge in [-0.2, -0.15) is 0 Å². The van der Waals surface area contributed by atoms with Crippen LogP contribution in [-0.2, 0) is 4.74 Å². The van der Waals surface area contributed by atoms with E-state index in [9.17, 15) is 14.9 Å². The Labute approximate surface area is 134 Å². The average molecular weight is 313 g/mol. The van der Waals surface area contributed by atoms with E-state index in [-0.39, 0.29) is 11.7 Å². The summed E-state index contributed by atoms with van der Waals surface area (Å²) >= 11 is 0. The van der Waals surface area contributed by atoms with Gasteiger partial charge in [0.25, 0.3) is 5.69 Å². The Hall–Kier alpha value is -2.17. The van der Waals surface area contributed by atoms with Crippen LogP contribution in [-0.4, -0.2) is 16.5 Å². The van der Waals surface area contributed by atoms with Gasteiger partial charge < -0.3 is 4.74 Å². The number of nitro benzene ring substituents is 1. The highest BCUT2D eigenvalue weighted by Gasteiger charge is 2.59. The molecule has 0 amide bonds. The third kappa shape index (κ3) is 2.10. The number of carbonyl (C=O) groups excluding carboxylic acids is 1. The molecule has 3 aliphatic rings. The van der Waals surface area contributed by atoms with E-state index in [0.717, 1.165) is 12.8 Å². The van der Waals surface area contributed by atoms with Crippen LogP contribution in [0.25, 0.3) is 0 Å². The van der Waals surface area contributed by atoms with E-state index in [4.69, 9.17) is 4.74 Å². The number of fused-ring (bicyclic) bond motifs is 6. The second-order valence-electron chi connectivity index (χ2n) is 7.12. The molecule has 120 valence electrons. The minimum atomic E-state index is -0.471. The summed E-state index contributed by atoms with van der Waals surface area (Å²) in [5, 5.41) is 10.7. The molecule has 1 aromatic carbocycles. The Balaban J connectivity index is 1.56. The van der Waals surface area contributed by atoms with Crippen molar-refractivity contribution in [3.63, 3.8) is 0 Å². The van der Waals surface area contributed by atoms with Crippen LogP contribution in [0.1, 0.15) is 36.5 Å². The third-order valence-corrected chi connectivity index (χ3v) is 6.07. The van der Waals surface area contributed by atoms with Gasteiger partial charge in [-0.1, -0.05) is 12.2 Å². The van der Waals surface area contributed by atoms with Crippen LogP contribution in [0.15, 0.2) is 36.4 Å². The number of nitrogens with zero attached hydrogens (tertiary/aromatic N) is 1. The minimum absolute atomic E-state index is 0.0206.